The van der Waals surface area contributed by atoms with Gasteiger partial charge in [0.15, 0.2) is 0 Å². The van der Waals surface area contributed by atoms with Gasteiger partial charge in [-0.1, -0.05) is 48.9 Å². The molecule has 0 saturated heterocycles. The summed E-state index contributed by atoms with van der Waals surface area (Å²) in [6, 6.07) is 14.3. The molecule has 3 nitrogen and oxygen atoms in total. The fraction of sp³-hybridized carbons (Fsp3) is 0.391. The largest absolute Gasteiger partial charge is 0.384 e. The van der Waals surface area contributed by atoms with E-state index in [1.807, 2.05) is 25.1 Å². The van der Waals surface area contributed by atoms with Crippen LogP contribution in [0.2, 0.25) is 5.02 Å². The molecule has 3 aromatic rings. The van der Waals surface area contributed by atoms with Gasteiger partial charge in [0.25, 0.3) is 0 Å². The van der Waals surface area contributed by atoms with Crippen LogP contribution >= 0.6 is 11.6 Å². The molecular formula is C23H29ClN2O. The minimum absolute atomic E-state index is 0. The minimum Gasteiger partial charge on any atom is -0.384 e. The highest BCUT2D eigenvalue weighted by Gasteiger charge is 2.29. The van der Waals surface area contributed by atoms with E-state index in [9.17, 15) is 5.11 Å². The molecule has 4 rings (SSSR count). The van der Waals surface area contributed by atoms with Crippen LogP contribution in [0.4, 0.5) is 0 Å². The first-order valence-corrected chi connectivity index (χ1v) is 9.50. The molecule has 0 spiro atoms. The number of aliphatic hydroxyl groups is 1. The number of likely N-dealkylation sites (N-methyl/N-ethyl adjacent to an activating group) is 1. The highest BCUT2D eigenvalue weighted by molar-refractivity contribution is 6.31. The van der Waals surface area contributed by atoms with Crippen molar-refractivity contribution in [2.45, 2.75) is 46.4 Å². The lowest BCUT2D eigenvalue weighted by Crippen LogP contribution is -2.31. The van der Waals surface area contributed by atoms with E-state index in [1.54, 1.807) is 0 Å². The fourth-order valence-electron chi connectivity index (χ4n) is 4.05. The molecule has 1 aliphatic rings. The Balaban J connectivity index is 0.00000210. The Kier molecular flexibility index (Phi) is 5.40. The second-order valence-electron chi connectivity index (χ2n) is 7.80. The van der Waals surface area contributed by atoms with Gasteiger partial charge in [0.1, 0.15) is 5.60 Å². The lowest BCUT2D eigenvalue weighted by atomic mass is 9.94. The van der Waals surface area contributed by atoms with Crippen LogP contribution in [0.3, 0.4) is 0 Å². The van der Waals surface area contributed by atoms with E-state index >= 15 is 0 Å². The van der Waals surface area contributed by atoms with Gasteiger partial charge in [-0.05, 0) is 50.2 Å². The lowest BCUT2D eigenvalue weighted by Gasteiger charge is -2.29. The minimum atomic E-state index is -0.934. The molecule has 2 heterocycles. The third-order valence-electron chi connectivity index (χ3n) is 5.55. The molecule has 4 heteroatoms. The highest BCUT2D eigenvalue weighted by atomic mass is 35.5. The molecule has 1 atom stereocenters. The number of fused-ring (bicyclic) bond motifs is 3. The Hall–Kier alpha value is -1.81. The zero-order chi connectivity index (χ0) is 18.5. The summed E-state index contributed by atoms with van der Waals surface area (Å²) >= 11 is 6.28. The van der Waals surface area contributed by atoms with Crippen LogP contribution in [0, 0.1) is 6.92 Å². The summed E-state index contributed by atoms with van der Waals surface area (Å²) in [5, 5.41) is 13.2. The number of halogens is 1. The molecule has 0 aliphatic carbocycles. The van der Waals surface area contributed by atoms with Gasteiger partial charge in [-0.25, -0.2) is 0 Å². The zero-order valence-electron chi connectivity index (χ0n) is 15.6. The van der Waals surface area contributed by atoms with Crippen LogP contribution in [-0.2, 0) is 25.1 Å². The van der Waals surface area contributed by atoms with Crippen molar-refractivity contribution in [3.63, 3.8) is 0 Å². The summed E-state index contributed by atoms with van der Waals surface area (Å²) in [4.78, 5) is 2.34. The Morgan fingerprint density at radius 3 is 2.56 bits per heavy atom. The van der Waals surface area contributed by atoms with E-state index in [2.05, 4.69) is 47.7 Å². The van der Waals surface area contributed by atoms with Crippen molar-refractivity contribution in [3.05, 3.63) is 69.9 Å². The van der Waals surface area contributed by atoms with Crippen molar-refractivity contribution in [1.29, 1.82) is 0 Å². The standard InChI is InChI=1S/C22H25ClN2O.CH4/c1-15-4-6-16(7-5-15)22(2,26)14-25-20-9-8-17(23)12-18(20)19-13-24(3)11-10-21(19)25;/h4-9,12,26H,10-11,13-14H2,1-3H3;1H4. The zero-order valence-corrected chi connectivity index (χ0v) is 16.3. The van der Waals surface area contributed by atoms with Crippen molar-refractivity contribution in [2.24, 2.45) is 0 Å². The first-order chi connectivity index (χ1) is 12.3. The van der Waals surface area contributed by atoms with Gasteiger partial charge in [0, 0.05) is 41.1 Å². The second kappa shape index (κ2) is 7.31. The Morgan fingerprint density at radius 1 is 1.15 bits per heavy atom. The molecule has 0 radical (unpaired) electrons. The number of benzene rings is 2. The van der Waals surface area contributed by atoms with Crippen molar-refractivity contribution in [3.8, 4) is 0 Å². The molecule has 0 saturated carbocycles. The molecule has 2 aromatic carbocycles. The normalized spacial score (nSPS) is 16.6. The molecule has 1 aliphatic heterocycles. The quantitative estimate of drug-likeness (QED) is 0.677. The highest BCUT2D eigenvalue weighted by Crippen LogP contribution is 2.35. The second-order valence-corrected chi connectivity index (χ2v) is 8.24. The summed E-state index contributed by atoms with van der Waals surface area (Å²) in [6.45, 7) is 6.46. The van der Waals surface area contributed by atoms with Crippen LogP contribution in [0.15, 0.2) is 42.5 Å². The molecular weight excluding hydrogens is 356 g/mol. The van der Waals surface area contributed by atoms with E-state index in [0.717, 1.165) is 35.6 Å². The number of rotatable bonds is 3. The van der Waals surface area contributed by atoms with Crippen LogP contribution in [0.5, 0.6) is 0 Å². The van der Waals surface area contributed by atoms with Crippen molar-refractivity contribution < 1.29 is 5.11 Å². The van der Waals surface area contributed by atoms with Crippen LogP contribution in [0.1, 0.15) is 36.7 Å². The van der Waals surface area contributed by atoms with Crippen LogP contribution in [-0.4, -0.2) is 28.2 Å². The van der Waals surface area contributed by atoms with Crippen LogP contribution < -0.4 is 0 Å². The third kappa shape index (κ3) is 3.64. The number of aryl methyl sites for hydroxylation is 1. The SMILES string of the molecule is C.Cc1ccc(C(C)(O)Cn2c3c(c4cc(Cl)ccc42)CN(C)CC3)cc1. The van der Waals surface area contributed by atoms with Gasteiger partial charge in [-0.2, -0.15) is 0 Å². The summed E-state index contributed by atoms with van der Waals surface area (Å²) < 4.78 is 2.30. The fourth-order valence-corrected chi connectivity index (χ4v) is 4.22. The van der Waals surface area contributed by atoms with Crippen molar-refractivity contribution in [1.82, 2.24) is 9.47 Å². The van der Waals surface area contributed by atoms with Gasteiger partial charge in [-0.15, -0.1) is 0 Å². The number of hydrogen-bond acceptors (Lipinski definition) is 2. The number of aromatic nitrogens is 1. The predicted octanol–water partition coefficient (Wildman–Crippen LogP) is 5.13. The maximum atomic E-state index is 11.3. The monoisotopic (exact) mass is 384 g/mol. The predicted molar refractivity (Wildman–Crippen MR) is 114 cm³/mol. The molecule has 0 amide bonds. The molecule has 1 aromatic heterocycles. The Morgan fingerprint density at radius 2 is 1.85 bits per heavy atom. The maximum Gasteiger partial charge on any atom is 0.105 e. The molecule has 1 N–H and O–H groups in total. The van der Waals surface area contributed by atoms with E-state index in [1.165, 1.54) is 22.2 Å². The molecule has 144 valence electrons. The average Bonchev–Trinajstić information content (AvgIpc) is 2.87. The maximum absolute atomic E-state index is 11.3. The lowest BCUT2D eigenvalue weighted by molar-refractivity contribution is 0.0385. The summed E-state index contributed by atoms with van der Waals surface area (Å²) in [5.74, 6) is 0. The Bertz CT molecular complexity index is 957. The Labute approximate surface area is 167 Å². The number of hydrogen-bond donors (Lipinski definition) is 1. The molecule has 1 unspecified atom stereocenters. The van der Waals surface area contributed by atoms with Crippen molar-refractivity contribution >= 4 is 22.5 Å². The van der Waals surface area contributed by atoms with E-state index < -0.39 is 5.60 Å². The van der Waals surface area contributed by atoms with Crippen LogP contribution in [0.25, 0.3) is 10.9 Å². The first-order valence-electron chi connectivity index (χ1n) is 9.13. The number of nitrogens with zero attached hydrogens (tertiary/aromatic N) is 2. The molecule has 27 heavy (non-hydrogen) atoms. The summed E-state index contributed by atoms with van der Waals surface area (Å²) in [7, 11) is 2.15. The summed E-state index contributed by atoms with van der Waals surface area (Å²) in [5.41, 5.74) is 5.04. The first kappa shape index (κ1) is 19.9. The van der Waals surface area contributed by atoms with Gasteiger partial charge < -0.3 is 14.6 Å². The smallest absolute Gasteiger partial charge is 0.105 e. The van der Waals surface area contributed by atoms with E-state index in [4.69, 9.17) is 11.6 Å². The average molecular weight is 385 g/mol. The van der Waals surface area contributed by atoms with Gasteiger partial charge in [-0.3, -0.25) is 0 Å². The van der Waals surface area contributed by atoms with Crippen molar-refractivity contribution in [2.75, 3.05) is 13.6 Å². The van der Waals surface area contributed by atoms with E-state index in [-0.39, 0.29) is 7.43 Å². The third-order valence-corrected chi connectivity index (χ3v) is 5.78. The molecule has 0 fully saturated rings. The molecule has 0 bridgehead atoms. The van der Waals surface area contributed by atoms with E-state index in [0.29, 0.717) is 6.54 Å². The topological polar surface area (TPSA) is 28.4 Å². The van der Waals surface area contributed by atoms with Gasteiger partial charge in [0.2, 0.25) is 0 Å². The summed E-state index contributed by atoms with van der Waals surface area (Å²) in [6.07, 6.45) is 0.988. The van der Waals surface area contributed by atoms with Gasteiger partial charge >= 0.3 is 0 Å². The van der Waals surface area contributed by atoms with Gasteiger partial charge in [0.05, 0.1) is 6.54 Å².